The minimum atomic E-state index is -4.40. The maximum atomic E-state index is 13.2. The highest BCUT2D eigenvalue weighted by Gasteiger charge is 2.30. The van der Waals surface area contributed by atoms with Crippen LogP contribution >= 0.6 is 11.6 Å². The molecule has 174 valence electrons. The van der Waals surface area contributed by atoms with Gasteiger partial charge in [0.25, 0.3) is 5.56 Å². The summed E-state index contributed by atoms with van der Waals surface area (Å²) < 4.78 is 41.2. The average molecular weight is 485 g/mol. The normalized spacial score (nSPS) is 14.2. The molecule has 1 aliphatic heterocycles. The Kier molecular flexibility index (Phi) is 5.79. The van der Waals surface area contributed by atoms with Crippen LogP contribution in [0.15, 0.2) is 71.7 Å². The third-order valence-corrected chi connectivity index (χ3v) is 6.19. The number of H-pyrrole nitrogens is 1. The van der Waals surface area contributed by atoms with E-state index >= 15 is 0 Å². The molecule has 0 saturated heterocycles. The van der Waals surface area contributed by atoms with Crippen molar-refractivity contribution in [2.24, 2.45) is 0 Å². The number of hydrogen-bond acceptors (Lipinski definition) is 3. The van der Waals surface area contributed by atoms with Crippen LogP contribution in [-0.4, -0.2) is 26.0 Å². The Morgan fingerprint density at radius 2 is 1.85 bits per heavy atom. The van der Waals surface area contributed by atoms with Gasteiger partial charge in [-0.15, -0.1) is 0 Å². The summed E-state index contributed by atoms with van der Waals surface area (Å²) >= 11 is 5.95. The topological polar surface area (TPSA) is 53.9 Å². The van der Waals surface area contributed by atoms with Crippen LogP contribution < -0.4 is 5.56 Å². The lowest BCUT2D eigenvalue weighted by molar-refractivity contribution is -0.137. The molecule has 0 unspecified atom stereocenters. The van der Waals surface area contributed by atoms with E-state index in [4.69, 9.17) is 11.6 Å². The number of fused-ring (bicyclic) bond motifs is 1. The fourth-order valence-corrected chi connectivity index (χ4v) is 4.34. The Balaban J connectivity index is 1.37. The van der Waals surface area contributed by atoms with E-state index in [-0.39, 0.29) is 5.56 Å². The van der Waals surface area contributed by atoms with Gasteiger partial charge in [0.2, 0.25) is 0 Å². The molecule has 4 aromatic rings. The summed E-state index contributed by atoms with van der Waals surface area (Å²) in [6.45, 7) is 1.57. The van der Waals surface area contributed by atoms with Crippen molar-refractivity contribution in [2.45, 2.75) is 25.7 Å². The zero-order chi connectivity index (χ0) is 23.9. The Morgan fingerprint density at radius 3 is 2.62 bits per heavy atom. The van der Waals surface area contributed by atoms with Crippen molar-refractivity contribution in [1.82, 2.24) is 19.4 Å². The van der Waals surface area contributed by atoms with Crippen LogP contribution in [0, 0.1) is 0 Å². The van der Waals surface area contributed by atoms with Crippen LogP contribution in [-0.2, 0) is 25.7 Å². The summed E-state index contributed by atoms with van der Waals surface area (Å²) in [6.07, 6.45) is -2.06. The van der Waals surface area contributed by atoms with Gasteiger partial charge in [-0.1, -0.05) is 17.7 Å². The minimum absolute atomic E-state index is 0.187. The van der Waals surface area contributed by atoms with Gasteiger partial charge < -0.3 is 9.55 Å². The molecule has 5 nitrogen and oxygen atoms in total. The summed E-state index contributed by atoms with van der Waals surface area (Å²) in [5.41, 5.74) is 2.56. The number of nitrogens with one attached hydrogen (secondary N) is 1. The molecule has 0 bridgehead atoms. The minimum Gasteiger partial charge on any atom is -0.320 e. The van der Waals surface area contributed by atoms with E-state index in [2.05, 4.69) is 14.9 Å². The summed E-state index contributed by atoms with van der Waals surface area (Å²) in [4.78, 5) is 22.5. The third-order valence-electron chi connectivity index (χ3n) is 5.94. The number of alkyl halides is 3. The van der Waals surface area contributed by atoms with E-state index in [0.717, 1.165) is 29.1 Å². The van der Waals surface area contributed by atoms with Crippen molar-refractivity contribution in [2.75, 3.05) is 6.54 Å². The number of rotatable bonds is 4. The number of aromatic amines is 1. The van der Waals surface area contributed by atoms with Crippen molar-refractivity contribution >= 4 is 11.6 Å². The predicted octanol–water partition coefficient (Wildman–Crippen LogP) is 5.46. The highest BCUT2D eigenvalue weighted by molar-refractivity contribution is 6.30. The van der Waals surface area contributed by atoms with E-state index in [1.807, 2.05) is 18.2 Å². The molecule has 0 amide bonds. The van der Waals surface area contributed by atoms with Crippen molar-refractivity contribution < 1.29 is 13.2 Å². The van der Waals surface area contributed by atoms with Crippen molar-refractivity contribution in [3.8, 4) is 17.1 Å². The van der Waals surface area contributed by atoms with E-state index in [1.165, 1.54) is 6.07 Å². The Hall–Kier alpha value is -3.36. The van der Waals surface area contributed by atoms with Gasteiger partial charge in [-0.05, 0) is 54.6 Å². The second-order valence-electron chi connectivity index (χ2n) is 8.22. The molecule has 1 aliphatic rings. The SMILES string of the molecule is O=c1[nH]c(-c2ccc(Cl)cc2)nc2c1CN(Cc1cccn1-c1cccc(C(F)(F)F)c1)CC2. The monoisotopic (exact) mass is 484 g/mol. The van der Waals surface area contributed by atoms with Crippen molar-refractivity contribution in [1.29, 1.82) is 0 Å². The molecule has 0 fully saturated rings. The first-order valence-electron chi connectivity index (χ1n) is 10.7. The van der Waals surface area contributed by atoms with Crippen LogP contribution in [0.1, 0.15) is 22.5 Å². The Bertz CT molecular complexity index is 1390. The number of aromatic nitrogens is 3. The Labute approximate surface area is 198 Å². The van der Waals surface area contributed by atoms with Gasteiger partial charge in [0.15, 0.2) is 0 Å². The van der Waals surface area contributed by atoms with Crippen molar-refractivity contribution in [3.05, 3.63) is 105 Å². The van der Waals surface area contributed by atoms with Crippen molar-refractivity contribution in [3.63, 3.8) is 0 Å². The Morgan fingerprint density at radius 1 is 1.06 bits per heavy atom. The molecule has 0 saturated carbocycles. The fraction of sp³-hybridized carbons (Fsp3) is 0.200. The van der Waals surface area contributed by atoms with Crippen LogP contribution in [0.4, 0.5) is 13.2 Å². The summed E-state index contributed by atoms with van der Waals surface area (Å²) in [5.74, 6) is 0.507. The van der Waals surface area contributed by atoms with E-state index in [9.17, 15) is 18.0 Å². The summed E-state index contributed by atoms with van der Waals surface area (Å²) in [5, 5.41) is 0.606. The van der Waals surface area contributed by atoms with Gasteiger partial charge in [0.05, 0.1) is 16.8 Å². The highest BCUT2D eigenvalue weighted by atomic mass is 35.5. The molecule has 9 heteroatoms. The molecule has 0 atom stereocenters. The van der Waals surface area contributed by atoms with Crippen LogP contribution in [0.25, 0.3) is 17.1 Å². The third kappa shape index (κ3) is 4.51. The molecular weight excluding hydrogens is 465 g/mol. The molecule has 2 aromatic carbocycles. The maximum absolute atomic E-state index is 13.2. The van der Waals surface area contributed by atoms with E-state index < -0.39 is 11.7 Å². The molecule has 0 spiro atoms. The summed E-state index contributed by atoms with van der Waals surface area (Å²) in [6, 6.07) is 16.1. The molecule has 1 N–H and O–H groups in total. The first-order chi connectivity index (χ1) is 16.3. The molecular formula is C25H20ClF3N4O. The molecule has 3 heterocycles. The predicted molar refractivity (Wildman–Crippen MR) is 124 cm³/mol. The number of nitrogens with zero attached hydrogens (tertiary/aromatic N) is 3. The number of halogens is 4. The second-order valence-corrected chi connectivity index (χ2v) is 8.66. The standard InChI is InChI=1S/C25H20ClF3N4O/c26-18-8-6-16(7-9-18)23-30-22-10-12-32(15-21(22)24(34)31-23)14-20-5-2-11-33(20)19-4-1-3-17(13-19)25(27,28)29/h1-9,11,13H,10,12,14-15H2,(H,30,31,34). The summed E-state index contributed by atoms with van der Waals surface area (Å²) in [7, 11) is 0. The van der Waals surface area contributed by atoms with Gasteiger partial charge in [-0.2, -0.15) is 13.2 Å². The van der Waals surface area contributed by atoms with E-state index in [1.54, 1.807) is 35.0 Å². The smallest absolute Gasteiger partial charge is 0.320 e. The zero-order valence-corrected chi connectivity index (χ0v) is 18.7. The van der Waals surface area contributed by atoms with Gasteiger partial charge in [-0.3, -0.25) is 9.69 Å². The molecule has 34 heavy (non-hydrogen) atoms. The lowest BCUT2D eigenvalue weighted by Gasteiger charge is -2.28. The molecule has 5 rings (SSSR count). The lowest BCUT2D eigenvalue weighted by Crippen LogP contribution is -2.35. The van der Waals surface area contributed by atoms with Gasteiger partial charge in [0.1, 0.15) is 5.82 Å². The maximum Gasteiger partial charge on any atom is 0.416 e. The first-order valence-corrected chi connectivity index (χ1v) is 11.1. The second kappa shape index (κ2) is 8.77. The molecule has 0 radical (unpaired) electrons. The molecule has 2 aromatic heterocycles. The van der Waals surface area contributed by atoms with Crippen LogP contribution in [0.3, 0.4) is 0 Å². The molecule has 0 aliphatic carbocycles. The number of benzene rings is 2. The van der Waals surface area contributed by atoms with Gasteiger partial charge >= 0.3 is 6.18 Å². The number of hydrogen-bond donors (Lipinski definition) is 1. The first kappa shape index (κ1) is 22.4. The highest BCUT2D eigenvalue weighted by Crippen LogP contribution is 2.31. The van der Waals surface area contributed by atoms with E-state index in [0.29, 0.717) is 48.2 Å². The zero-order valence-electron chi connectivity index (χ0n) is 17.9. The average Bonchev–Trinajstić information content (AvgIpc) is 3.27. The quantitative estimate of drug-likeness (QED) is 0.418. The largest absolute Gasteiger partial charge is 0.416 e. The lowest BCUT2D eigenvalue weighted by atomic mass is 10.1. The van der Waals surface area contributed by atoms with Crippen LogP contribution in [0.2, 0.25) is 5.02 Å². The van der Waals surface area contributed by atoms with Crippen LogP contribution in [0.5, 0.6) is 0 Å². The van der Waals surface area contributed by atoms with Gasteiger partial charge in [-0.25, -0.2) is 4.98 Å². The van der Waals surface area contributed by atoms with Gasteiger partial charge in [0, 0.05) is 54.2 Å². The fourth-order valence-electron chi connectivity index (χ4n) is 4.22.